The van der Waals surface area contributed by atoms with Gasteiger partial charge in [0.05, 0.1) is 0 Å². The summed E-state index contributed by atoms with van der Waals surface area (Å²) in [6, 6.07) is 5.38. The van der Waals surface area contributed by atoms with Gasteiger partial charge < -0.3 is 19.3 Å². The predicted octanol–water partition coefficient (Wildman–Crippen LogP) is 2.31. The Morgan fingerprint density at radius 1 is 1.08 bits per heavy atom. The van der Waals surface area contributed by atoms with E-state index in [1.165, 1.54) is 12.8 Å². The molecule has 1 atom stereocenters. The molecule has 6 nitrogen and oxygen atoms in total. The van der Waals surface area contributed by atoms with Crippen molar-refractivity contribution in [2.45, 2.75) is 51.1 Å². The van der Waals surface area contributed by atoms with E-state index in [0.29, 0.717) is 25.1 Å². The highest BCUT2D eigenvalue weighted by atomic mass is 16.7. The molecule has 1 unspecified atom stereocenters. The Labute approximate surface area is 147 Å². The minimum Gasteiger partial charge on any atom is -0.454 e. The van der Waals surface area contributed by atoms with Gasteiger partial charge in [0.2, 0.25) is 18.6 Å². The average Bonchev–Trinajstić information content (AvgIpc) is 3.11. The molecule has 3 aliphatic heterocycles. The van der Waals surface area contributed by atoms with Crippen molar-refractivity contribution in [2.24, 2.45) is 0 Å². The lowest BCUT2D eigenvalue weighted by Gasteiger charge is -2.29. The molecule has 2 amide bonds. The van der Waals surface area contributed by atoms with Crippen molar-refractivity contribution >= 4 is 11.8 Å². The van der Waals surface area contributed by atoms with Crippen molar-refractivity contribution in [3.63, 3.8) is 0 Å². The lowest BCUT2D eigenvalue weighted by molar-refractivity contribution is -0.141. The molecule has 3 heterocycles. The normalized spacial score (nSPS) is 23.0. The number of hydrogen-bond donors (Lipinski definition) is 0. The van der Waals surface area contributed by atoms with Crippen LogP contribution < -0.4 is 9.47 Å². The first-order chi connectivity index (χ1) is 12.2. The summed E-state index contributed by atoms with van der Waals surface area (Å²) in [6.07, 6.45) is 5.58. The van der Waals surface area contributed by atoms with Crippen LogP contribution in [0, 0.1) is 0 Å². The Hall–Kier alpha value is -2.24. The van der Waals surface area contributed by atoms with E-state index in [9.17, 15) is 9.59 Å². The first-order valence-corrected chi connectivity index (χ1v) is 9.19. The van der Waals surface area contributed by atoms with Gasteiger partial charge in [-0.3, -0.25) is 9.59 Å². The van der Waals surface area contributed by atoms with E-state index in [1.807, 2.05) is 23.1 Å². The number of rotatable bonds is 3. The van der Waals surface area contributed by atoms with Crippen LogP contribution in [0.1, 0.15) is 44.1 Å². The molecule has 25 heavy (non-hydrogen) atoms. The summed E-state index contributed by atoms with van der Waals surface area (Å²) in [5.74, 6) is 1.62. The summed E-state index contributed by atoms with van der Waals surface area (Å²) in [5.41, 5.74) is 0.966. The first-order valence-electron chi connectivity index (χ1n) is 9.19. The zero-order valence-electron chi connectivity index (χ0n) is 14.4. The molecular weight excluding hydrogens is 320 g/mol. The highest BCUT2D eigenvalue weighted by Crippen LogP contribution is 2.33. The minimum atomic E-state index is -0.323. The Kier molecular flexibility index (Phi) is 4.51. The van der Waals surface area contributed by atoms with Crippen LogP contribution in [0.4, 0.5) is 0 Å². The molecule has 4 rings (SSSR count). The molecule has 2 fully saturated rings. The molecule has 0 saturated carbocycles. The van der Waals surface area contributed by atoms with Gasteiger partial charge in [0.15, 0.2) is 11.5 Å². The number of nitrogens with zero attached hydrogens (tertiary/aromatic N) is 2. The van der Waals surface area contributed by atoms with Gasteiger partial charge in [0, 0.05) is 26.1 Å². The molecule has 2 saturated heterocycles. The largest absolute Gasteiger partial charge is 0.454 e. The third-order valence-electron chi connectivity index (χ3n) is 5.32. The topological polar surface area (TPSA) is 59.1 Å². The van der Waals surface area contributed by atoms with Gasteiger partial charge in [-0.25, -0.2) is 0 Å². The van der Waals surface area contributed by atoms with Crippen molar-refractivity contribution in [1.29, 1.82) is 0 Å². The number of amides is 2. The number of ether oxygens (including phenoxy) is 2. The Balaban J connectivity index is 1.48. The average molecular weight is 344 g/mol. The molecular formula is C19H24N2O4. The lowest BCUT2D eigenvalue weighted by atomic mass is 10.1. The zero-order valence-corrected chi connectivity index (χ0v) is 14.4. The highest BCUT2D eigenvalue weighted by molar-refractivity contribution is 5.91. The molecule has 134 valence electrons. The van der Waals surface area contributed by atoms with Crippen LogP contribution in [0.15, 0.2) is 18.2 Å². The van der Waals surface area contributed by atoms with Gasteiger partial charge in [-0.2, -0.15) is 0 Å². The second-order valence-corrected chi connectivity index (χ2v) is 7.00. The van der Waals surface area contributed by atoms with E-state index >= 15 is 0 Å². The van der Waals surface area contributed by atoms with Crippen LogP contribution in [0.2, 0.25) is 0 Å². The number of fused-ring (bicyclic) bond motifs is 1. The molecule has 6 heteroatoms. The molecule has 0 N–H and O–H groups in total. The third kappa shape index (κ3) is 3.30. The van der Waals surface area contributed by atoms with E-state index < -0.39 is 0 Å². The molecule has 0 radical (unpaired) electrons. The van der Waals surface area contributed by atoms with Crippen LogP contribution >= 0.6 is 0 Å². The summed E-state index contributed by atoms with van der Waals surface area (Å²) in [4.78, 5) is 29.1. The van der Waals surface area contributed by atoms with Gasteiger partial charge in [0.1, 0.15) is 6.04 Å². The summed E-state index contributed by atoms with van der Waals surface area (Å²) in [7, 11) is 0. The number of benzene rings is 1. The maximum Gasteiger partial charge on any atom is 0.245 e. The fourth-order valence-corrected chi connectivity index (χ4v) is 3.93. The molecule has 0 aromatic heterocycles. The van der Waals surface area contributed by atoms with Crippen molar-refractivity contribution in [2.75, 3.05) is 19.9 Å². The van der Waals surface area contributed by atoms with Crippen LogP contribution in [0.25, 0.3) is 0 Å². The van der Waals surface area contributed by atoms with Gasteiger partial charge >= 0.3 is 0 Å². The smallest absolute Gasteiger partial charge is 0.245 e. The zero-order chi connectivity index (χ0) is 17.2. The maximum absolute atomic E-state index is 13.0. The third-order valence-corrected chi connectivity index (χ3v) is 5.32. The van der Waals surface area contributed by atoms with E-state index in [2.05, 4.69) is 0 Å². The molecule has 1 aromatic carbocycles. The van der Waals surface area contributed by atoms with Gasteiger partial charge in [0.25, 0.3) is 0 Å². The quantitative estimate of drug-likeness (QED) is 0.844. The highest BCUT2D eigenvalue weighted by Gasteiger charge is 2.38. The summed E-state index contributed by atoms with van der Waals surface area (Å²) in [5, 5.41) is 0. The summed E-state index contributed by atoms with van der Waals surface area (Å²) >= 11 is 0. The first kappa shape index (κ1) is 16.2. The van der Waals surface area contributed by atoms with E-state index in [1.54, 1.807) is 4.90 Å². The Morgan fingerprint density at radius 2 is 1.84 bits per heavy atom. The standard InChI is InChI=1S/C19H24N2O4/c22-18-8-6-15(19(23)20-9-3-1-2-4-10-20)21(18)12-14-5-7-16-17(11-14)25-13-24-16/h5,7,11,15H,1-4,6,8-10,12-13H2. The van der Waals surface area contributed by atoms with Crippen LogP contribution in [-0.4, -0.2) is 47.5 Å². The van der Waals surface area contributed by atoms with Crippen molar-refractivity contribution in [3.8, 4) is 11.5 Å². The fraction of sp³-hybridized carbons (Fsp3) is 0.579. The van der Waals surface area contributed by atoms with Crippen molar-refractivity contribution < 1.29 is 19.1 Å². The molecule has 0 bridgehead atoms. The Morgan fingerprint density at radius 3 is 2.64 bits per heavy atom. The Bertz CT molecular complexity index is 667. The number of carbonyl (C=O) groups excluding carboxylic acids is 2. The molecule has 3 aliphatic rings. The van der Waals surface area contributed by atoms with Crippen LogP contribution in [0.3, 0.4) is 0 Å². The van der Waals surface area contributed by atoms with Crippen LogP contribution in [-0.2, 0) is 16.1 Å². The van der Waals surface area contributed by atoms with Gasteiger partial charge in [-0.1, -0.05) is 18.9 Å². The second-order valence-electron chi connectivity index (χ2n) is 7.00. The van der Waals surface area contributed by atoms with Gasteiger partial charge in [-0.05, 0) is 37.0 Å². The molecule has 0 aliphatic carbocycles. The summed E-state index contributed by atoms with van der Waals surface area (Å²) in [6.45, 7) is 2.32. The number of carbonyl (C=O) groups is 2. The van der Waals surface area contributed by atoms with E-state index in [-0.39, 0.29) is 24.6 Å². The van der Waals surface area contributed by atoms with Crippen LogP contribution in [0.5, 0.6) is 11.5 Å². The van der Waals surface area contributed by atoms with E-state index in [4.69, 9.17) is 9.47 Å². The minimum absolute atomic E-state index is 0.0610. The van der Waals surface area contributed by atoms with Crippen molar-refractivity contribution in [1.82, 2.24) is 9.80 Å². The lowest BCUT2D eigenvalue weighted by Crippen LogP contribution is -2.46. The van der Waals surface area contributed by atoms with E-state index in [0.717, 1.165) is 37.2 Å². The maximum atomic E-state index is 13.0. The van der Waals surface area contributed by atoms with Gasteiger partial charge in [-0.15, -0.1) is 0 Å². The van der Waals surface area contributed by atoms with Crippen molar-refractivity contribution in [3.05, 3.63) is 23.8 Å². The number of hydrogen-bond acceptors (Lipinski definition) is 4. The monoisotopic (exact) mass is 344 g/mol. The fourth-order valence-electron chi connectivity index (χ4n) is 3.93. The molecule has 1 aromatic rings. The predicted molar refractivity (Wildman–Crippen MR) is 91.2 cm³/mol. The molecule has 0 spiro atoms. The summed E-state index contributed by atoms with van der Waals surface area (Å²) < 4.78 is 10.7. The second kappa shape index (κ2) is 6.94. The number of likely N-dealkylation sites (tertiary alicyclic amines) is 2. The SMILES string of the molecule is O=C(C1CCC(=O)N1Cc1ccc2c(c1)OCO2)N1CCCCCC1.